The molecular formula is C18H20ClNO3. The van der Waals surface area contributed by atoms with Crippen LogP contribution in [0.4, 0.5) is 0 Å². The van der Waals surface area contributed by atoms with E-state index in [1.54, 1.807) is 25.1 Å². The predicted octanol–water partition coefficient (Wildman–Crippen LogP) is 3.22. The van der Waals surface area contributed by atoms with Crippen LogP contribution in [-0.4, -0.2) is 17.1 Å². The fraction of sp³-hybridized carbons (Fsp3) is 0.278. The van der Waals surface area contributed by atoms with Crippen LogP contribution in [0.3, 0.4) is 0 Å². The van der Waals surface area contributed by atoms with Crippen molar-refractivity contribution in [2.24, 2.45) is 0 Å². The molecule has 23 heavy (non-hydrogen) atoms. The number of amides is 1. The van der Waals surface area contributed by atoms with E-state index in [2.05, 4.69) is 5.32 Å². The van der Waals surface area contributed by atoms with E-state index in [4.69, 9.17) is 16.3 Å². The van der Waals surface area contributed by atoms with Crippen molar-refractivity contribution in [3.8, 4) is 5.75 Å². The normalized spacial score (nSPS) is 11.8. The smallest absolute Gasteiger partial charge is 0.261 e. The zero-order chi connectivity index (χ0) is 16.8. The number of ether oxygens (including phenoxy) is 1. The predicted molar refractivity (Wildman–Crippen MR) is 90.5 cm³/mol. The molecule has 0 spiro atoms. The lowest BCUT2D eigenvalue weighted by atomic mass is 10.1. The first-order valence-corrected chi connectivity index (χ1v) is 7.77. The van der Waals surface area contributed by atoms with Gasteiger partial charge in [-0.1, -0.05) is 35.9 Å². The highest BCUT2D eigenvalue weighted by Crippen LogP contribution is 2.22. The average Bonchev–Trinajstić information content (AvgIpc) is 2.55. The summed E-state index contributed by atoms with van der Waals surface area (Å²) in [6, 6.07) is 12.7. The van der Waals surface area contributed by atoms with Crippen molar-refractivity contribution < 1.29 is 14.6 Å². The summed E-state index contributed by atoms with van der Waals surface area (Å²) in [7, 11) is 0. The molecule has 0 aliphatic carbocycles. The van der Waals surface area contributed by atoms with E-state index in [9.17, 15) is 9.90 Å². The van der Waals surface area contributed by atoms with Gasteiger partial charge >= 0.3 is 0 Å². The van der Waals surface area contributed by atoms with Gasteiger partial charge in [-0.25, -0.2) is 0 Å². The molecule has 5 heteroatoms. The fourth-order valence-electron chi connectivity index (χ4n) is 2.20. The van der Waals surface area contributed by atoms with E-state index in [1.165, 1.54) is 0 Å². The van der Waals surface area contributed by atoms with E-state index in [0.29, 0.717) is 17.3 Å². The third-order valence-electron chi connectivity index (χ3n) is 3.55. The van der Waals surface area contributed by atoms with Crippen molar-refractivity contribution in [3.05, 3.63) is 64.2 Å². The Morgan fingerprint density at radius 3 is 2.61 bits per heavy atom. The largest absolute Gasteiger partial charge is 0.481 e. The number of nitrogens with one attached hydrogen (secondary N) is 1. The van der Waals surface area contributed by atoms with Gasteiger partial charge in [0.1, 0.15) is 5.75 Å². The highest BCUT2D eigenvalue weighted by atomic mass is 35.5. The number of aliphatic hydroxyl groups excluding tert-OH is 1. The van der Waals surface area contributed by atoms with Crippen LogP contribution < -0.4 is 10.1 Å². The van der Waals surface area contributed by atoms with Gasteiger partial charge in [0.15, 0.2) is 6.10 Å². The van der Waals surface area contributed by atoms with Crippen LogP contribution in [0.2, 0.25) is 5.02 Å². The quantitative estimate of drug-likeness (QED) is 0.853. The van der Waals surface area contributed by atoms with Gasteiger partial charge in [0.25, 0.3) is 5.91 Å². The Morgan fingerprint density at radius 2 is 1.96 bits per heavy atom. The van der Waals surface area contributed by atoms with Crippen molar-refractivity contribution >= 4 is 17.5 Å². The van der Waals surface area contributed by atoms with E-state index in [1.807, 2.05) is 31.2 Å². The Kier molecular flexibility index (Phi) is 6.02. The van der Waals surface area contributed by atoms with Crippen LogP contribution in [0, 0.1) is 6.92 Å². The fourth-order valence-corrected chi connectivity index (χ4v) is 2.43. The van der Waals surface area contributed by atoms with Gasteiger partial charge in [0.2, 0.25) is 0 Å². The number of aliphatic hydroxyl groups is 1. The lowest BCUT2D eigenvalue weighted by Gasteiger charge is -2.17. The third kappa shape index (κ3) is 4.71. The summed E-state index contributed by atoms with van der Waals surface area (Å²) in [5.41, 5.74) is 2.57. The van der Waals surface area contributed by atoms with Gasteiger partial charge in [-0.15, -0.1) is 0 Å². The number of hydrogen-bond donors (Lipinski definition) is 2. The highest BCUT2D eigenvalue weighted by molar-refractivity contribution is 6.30. The number of halogens is 1. The SMILES string of the molecule is Cc1cc(Cl)ccc1OC(C)C(=O)NCc1ccccc1CO. The summed E-state index contributed by atoms with van der Waals surface area (Å²) in [6.07, 6.45) is -0.629. The van der Waals surface area contributed by atoms with Crippen LogP contribution in [0.1, 0.15) is 23.6 Å². The molecular weight excluding hydrogens is 314 g/mol. The molecule has 0 saturated carbocycles. The molecule has 2 N–H and O–H groups in total. The molecule has 0 bridgehead atoms. The molecule has 122 valence electrons. The molecule has 0 saturated heterocycles. The number of carbonyl (C=O) groups excluding carboxylic acids is 1. The summed E-state index contributed by atoms with van der Waals surface area (Å²) in [5.74, 6) is 0.417. The van der Waals surface area contributed by atoms with Crippen LogP contribution >= 0.6 is 11.6 Å². The third-order valence-corrected chi connectivity index (χ3v) is 3.79. The lowest BCUT2D eigenvalue weighted by molar-refractivity contribution is -0.127. The number of carbonyl (C=O) groups is 1. The van der Waals surface area contributed by atoms with Gasteiger partial charge in [-0.2, -0.15) is 0 Å². The summed E-state index contributed by atoms with van der Waals surface area (Å²) < 4.78 is 5.69. The molecule has 2 aromatic carbocycles. The molecule has 2 aromatic rings. The highest BCUT2D eigenvalue weighted by Gasteiger charge is 2.15. The van der Waals surface area contributed by atoms with Crippen molar-refractivity contribution in [3.63, 3.8) is 0 Å². The summed E-state index contributed by atoms with van der Waals surface area (Å²) in [6.45, 7) is 3.87. The molecule has 1 atom stereocenters. The van der Waals surface area contributed by atoms with E-state index >= 15 is 0 Å². The number of aryl methyl sites for hydroxylation is 1. The monoisotopic (exact) mass is 333 g/mol. The van der Waals surface area contributed by atoms with E-state index < -0.39 is 6.10 Å². The number of benzene rings is 2. The molecule has 0 fully saturated rings. The van der Waals surface area contributed by atoms with Gasteiger partial charge in [-0.3, -0.25) is 4.79 Å². The topological polar surface area (TPSA) is 58.6 Å². The summed E-state index contributed by atoms with van der Waals surface area (Å²) in [4.78, 5) is 12.2. The second-order valence-electron chi connectivity index (χ2n) is 5.31. The maximum Gasteiger partial charge on any atom is 0.261 e. The van der Waals surface area contributed by atoms with Crippen molar-refractivity contribution in [1.82, 2.24) is 5.32 Å². The first-order chi connectivity index (χ1) is 11.0. The van der Waals surface area contributed by atoms with Crippen LogP contribution in [0.25, 0.3) is 0 Å². The molecule has 2 rings (SSSR count). The summed E-state index contributed by atoms with van der Waals surface area (Å²) >= 11 is 5.91. The molecule has 0 heterocycles. The summed E-state index contributed by atoms with van der Waals surface area (Å²) in [5, 5.41) is 12.7. The number of rotatable bonds is 6. The maximum atomic E-state index is 12.2. The second-order valence-corrected chi connectivity index (χ2v) is 5.75. The van der Waals surface area contributed by atoms with Gasteiger partial charge < -0.3 is 15.2 Å². The standard InChI is InChI=1S/C18H20ClNO3/c1-12-9-16(19)7-8-17(12)23-13(2)18(22)20-10-14-5-3-4-6-15(14)11-21/h3-9,13,21H,10-11H2,1-2H3,(H,20,22). The minimum atomic E-state index is -0.629. The zero-order valence-corrected chi connectivity index (χ0v) is 13.9. The molecule has 0 aliphatic heterocycles. The molecule has 1 unspecified atom stereocenters. The Hall–Kier alpha value is -2.04. The molecule has 1 amide bonds. The Labute approximate surface area is 141 Å². The minimum Gasteiger partial charge on any atom is -0.481 e. The molecule has 0 radical (unpaired) electrons. The Bertz CT molecular complexity index is 688. The van der Waals surface area contributed by atoms with Gasteiger partial charge in [0.05, 0.1) is 6.61 Å². The lowest BCUT2D eigenvalue weighted by Crippen LogP contribution is -2.36. The Morgan fingerprint density at radius 1 is 1.26 bits per heavy atom. The average molecular weight is 334 g/mol. The Balaban J connectivity index is 1.95. The maximum absolute atomic E-state index is 12.2. The van der Waals surface area contributed by atoms with E-state index in [-0.39, 0.29) is 12.5 Å². The van der Waals surface area contributed by atoms with E-state index in [0.717, 1.165) is 16.7 Å². The van der Waals surface area contributed by atoms with Gasteiger partial charge in [0, 0.05) is 11.6 Å². The van der Waals surface area contributed by atoms with Crippen LogP contribution in [0.15, 0.2) is 42.5 Å². The second kappa shape index (κ2) is 7.99. The van der Waals surface area contributed by atoms with Crippen molar-refractivity contribution in [2.75, 3.05) is 0 Å². The minimum absolute atomic E-state index is 0.0535. The first-order valence-electron chi connectivity index (χ1n) is 7.39. The first kappa shape index (κ1) is 17.3. The van der Waals surface area contributed by atoms with Crippen LogP contribution in [-0.2, 0) is 17.9 Å². The van der Waals surface area contributed by atoms with Crippen LogP contribution in [0.5, 0.6) is 5.75 Å². The van der Waals surface area contributed by atoms with Crippen molar-refractivity contribution in [2.45, 2.75) is 33.1 Å². The van der Waals surface area contributed by atoms with Crippen molar-refractivity contribution in [1.29, 1.82) is 0 Å². The van der Waals surface area contributed by atoms with Gasteiger partial charge in [-0.05, 0) is 48.7 Å². The molecule has 0 aliphatic rings. The zero-order valence-electron chi connectivity index (χ0n) is 13.2. The molecule has 4 nitrogen and oxygen atoms in total. The molecule has 0 aromatic heterocycles. The number of hydrogen-bond acceptors (Lipinski definition) is 3.